The third kappa shape index (κ3) is 5.52. The van der Waals surface area contributed by atoms with E-state index in [9.17, 15) is 0 Å². The molecule has 0 amide bonds. The van der Waals surface area contributed by atoms with Crippen LogP contribution in [0.25, 0.3) is 0 Å². The summed E-state index contributed by atoms with van der Waals surface area (Å²) < 4.78 is 5.74. The van der Waals surface area contributed by atoms with Gasteiger partial charge in [0.1, 0.15) is 12.4 Å². The normalized spacial score (nSPS) is 12.7. The fraction of sp³-hybridized carbons (Fsp3) is 0.600. The van der Waals surface area contributed by atoms with Crippen LogP contribution in [-0.2, 0) is 0 Å². The van der Waals surface area contributed by atoms with E-state index in [2.05, 4.69) is 56.4 Å². The van der Waals surface area contributed by atoms with E-state index in [-0.39, 0.29) is 0 Å². The van der Waals surface area contributed by atoms with Crippen molar-refractivity contribution in [2.75, 3.05) is 33.8 Å². The molecule has 0 aliphatic heterocycles. The van der Waals surface area contributed by atoms with Gasteiger partial charge in [-0.15, -0.1) is 0 Å². The standard InChI is InChI=1S/C15H26N2O/c1-5-9-16-13(2)14-7-6-8-15(12-14)18-11-10-17(3)4/h6-8,12-13,16H,5,9-11H2,1-4H3. The van der Waals surface area contributed by atoms with E-state index in [1.165, 1.54) is 5.56 Å². The zero-order valence-corrected chi connectivity index (χ0v) is 12.1. The molecular formula is C15H26N2O. The number of rotatable bonds is 8. The molecule has 1 atom stereocenters. The van der Waals surface area contributed by atoms with Crippen molar-refractivity contribution in [3.05, 3.63) is 29.8 Å². The van der Waals surface area contributed by atoms with Gasteiger partial charge in [-0.2, -0.15) is 0 Å². The topological polar surface area (TPSA) is 24.5 Å². The lowest BCUT2D eigenvalue weighted by Gasteiger charge is -2.15. The van der Waals surface area contributed by atoms with E-state index in [1.807, 2.05) is 6.07 Å². The molecule has 3 nitrogen and oxygen atoms in total. The van der Waals surface area contributed by atoms with Gasteiger partial charge in [-0.1, -0.05) is 19.1 Å². The predicted molar refractivity (Wildman–Crippen MR) is 77.2 cm³/mol. The molecule has 0 saturated carbocycles. The predicted octanol–water partition coefficient (Wildman–Crippen LogP) is 2.69. The quantitative estimate of drug-likeness (QED) is 0.767. The van der Waals surface area contributed by atoms with E-state index in [4.69, 9.17) is 4.74 Å². The monoisotopic (exact) mass is 250 g/mol. The van der Waals surface area contributed by atoms with Gasteiger partial charge in [0, 0.05) is 12.6 Å². The van der Waals surface area contributed by atoms with Crippen LogP contribution in [0.4, 0.5) is 0 Å². The molecule has 0 fully saturated rings. The van der Waals surface area contributed by atoms with Crippen molar-refractivity contribution in [3.63, 3.8) is 0 Å². The Kier molecular flexibility index (Phi) is 6.76. The highest BCUT2D eigenvalue weighted by molar-refractivity contribution is 5.30. The highest BCUT2D eigenvalue weighted by Crippen LogP contribution is 2.19. The summed E-state index contributed by atoms with van der Waals surface area (Å²) in [7, 11) is 4.10. The zero-order valence-electron chi connectivity index (χ0n) is 12.1. The van der Waals surface area contributed by atoms with Gasteiger partial charge >= 0.3 is 0 Å². The van der Waals surface area contributed by atoms with Crippen LogP contribution in [0.1, 0.15) is 31.9 Å². The Morgan fingerprint density at radius 3 is 2.78 bits per heavy atom. The minimum Gasteiger partial charge on any atom is -0.492 e. The first-order chi connectivity index (χ1) is 8.63. The van der Waals surface area contributed by atoms with E-state index >= 15 is 0 Å². The lowest BCUT2D eigenvalue weighted by molar-refractivity contribution is 0.261. The molecule has 1 unspecified atom stereocenters. The van der Waals surface area contributed by atoms with Gasteiger partial charge in [0.25, 0.3) is 0 Å². The Hall–Kier alpha value is -1.06. The van der Waals surface area contributed by atoms with Crippen LogP contribution in [0, 0.1) is 0 Å². The largest absolute Gasteiger partial charge is 0.492 e. The summed E-state index contributed by atoms with van der Waals surface area (Å²) in [4.78, 5) is 2.12. The summed E-state index contributed by atoms with van der Waals surface area (Å²) in [5.41, 5.74) is 1.28. The van der Waals surface area contributed by atoms with E-state index < -0.39 is 0 Å². The SMILES string of the molecule is CCCNC(C)c1cccc(OCCN(C)C)c1. The Bertz CT molecular complexity index is 339. The minimum atomic E-state index is 0.377. The van der Waals surface area contributed by atoms with E-state index in [1.54, 1.807) is 0 Å². The third-order valence-electron chi connectivity index (χ3n) is 2.87. The maximum Gasteiger partial charge on any atom is 0.119 e. The van der Waals surface area contributed by atoms with Crippen LogP contribution in [0.5, 0.6) is 5.75 Å². The summed E-state index contributed by atoms with van der Waals surface area (Å²) in [6.07, 6.45) is 1.16. The highest BCUT2D eigenvalue weighted by atomic mass is 16.5. The molecule has 18 heavy (non-hydrogen) atoms. The molecule has 0 saturated heterocycles. The molecule has 0 aromatic heterocycles. The molecule has 1 rings (SSSR count). The summed E-state index contributed by atoms with van der Waals surface area (Å²) >= 11 is 0. The molecule has 102 valence electrons. The smallest absolute Gasteiger partial charge is 0.119 e. The Labute approximate surface area is 111 Å². The van der Waals surface area contributed by atoms with Crippen molar-refractivity contribution in [1.82, 2.24) is 10.2 Å². The lowest BCUT2D eigenvalue weighted by atomic mass is 10.1. The van der Waals surface area contributed by atoms with Gasteiger partial charge in [-0.05, 0) is 51.7 Å². The molecule has 0 spiro atoms. The maximum atomic E-state index is 5.74. The molecular weight excluding hydrogens is 224 g/mol. The first-order valence-electron chi connectivity index (χ1n) is 6.74. The summed E-state index contributed by atoms with van der Waals surface area (Å²) in [5.74, 6) is 0.958. The van der Waals surface area contributed by atoms with Gasteiger partial charge < -0.3 is 15.0 Å². The fourth-order valence-electron chi connectivity index (χ4n) is 1.70. The second kappa shape index (κ2) is 8.11. The van der Waals surface area contributed by atoms with Gasteiger partial charge in [0.15, 0.2) is 0 Å². The average Bonchev–Trinajstić information content (AvgIpc) is 2.36. The molecule has 1 N–H and O–H groups in total. The Morgan fingerprint density at radius 1 is 1.33 bits per heavy atom. The number of ether oxygens (including phenoxy) is 1. The zero-order chi connectivity index (χ0) is 13.4. The molecule has 3 heteroatoms. The first kappa shape index (κ1) is 15.0. The summed E-state index contributed by atoms with van der Waals surface area (Å²) in [6.45, 7) is 7.09. The van der Waals surface area contributed by atoms with E-state index in [0.29, 0.717) is 6.04 Å². The number of nitrogens with zero attached hydrogens (tertiary/aromatic N) is 1. The van der Waals surface area contributed by atoms with Crippen molar-refractivity contribution in [3.8, 4) is 5.75 Å². The maximum absolute atomic E-state index is 5.74. The molecule has 0 bridgehead atoms. The van der Waals surface area contributed by atoms with Crippen molar-refractivity contribution in [2.24, 2.45) is 0 Å². The Morgan fingerprint density at radius 2 is 2.11 bits per heavy atom. The van der Waals surface area contributed by atoms with Crippen LogP contribution in [-0.4, -0.2) is 38.7 Å². The van der Waals surface area contributed by atoms with Crippen LogP contribution in [0.2, 0.25) is 0 Å². The van der Waals surface area contributed by atoms with Crippen LogP contribution >= 0.6 is 0 Å². The average molecular weight is 250 g/mol. The van der Waals surface area contributed by atoms with Gasteiger partial charge in [0.2, 0.25) is 0 Å². The molecule has 0 aliphatic carbocycles. The van der Waals surface area contributed by atoms with Crippen molar-refractivity contribution in [2.45, 2.75) is 26.3 Å². The van der Waals surface area contributed by atoms with Gasteiger partial charge in [-0.25, -0.2) is 0 Å². The highest BCUT2D eigenvalue weighted by Gasteiger charge is 2.05. The Balaban J connectivity index is 2.50. The van der Waals surface area contributed by atoms with Crippen LogP contribution in [0.3, 0.4) is 0 Å². The molecule has 0 aliphatic rings. The van der Waals surface area contributed by atoms with Gasteiger partial charge in [-0.3, -0.25) is 0 Å². The number of benzene rings is 1. The second-order valence-electron chi connectivity index (χ2n) is 4.90. The van der Waals surface area contributed by atoms with Crippen LogP contribution < -0.4 is 10.1 Å². The third-order valence-corrected chi connectivity index (χ3v) is 2.87. The summed E-state index contributed by atoms with van der Waals surface area (Å²) in [5, 5.41) is 3.49. The van der Waals surface area contributed by atoms with Crippen LogP contribution in [0.15, 0.2) is 24.3 Å². The second-order valence-corrected chi connectivity index (χ2v) is 4.90. The number of likely N-dealkylation sites (N-methyl/N-ethyl adjacent to an activating group) is 1. The first-order valence-corrected chi connectivity index (χ1v) is 6.74. The molecule has 1 aromatic carbocycles. The molecule has 1 aromatic rings. The molecule has 0 radical (unpaired) electrons. The van der Waals surface area contributed by atoms with Crippen molar-refractivity contribution in [1.29, 1.82) is 0 Å². The number of hydrogen-bond donors (Lipinski definition) is 1. The minimum absolute atomic E-state index is 0.377. The lowest BCUT2D eigenvalue weighted by Crippen LogP contribution is -2.20. The number of hydrogen-bond acceptors (Lipinski definition) is 3. The number of nitrogens with one attached hydrogen (secondary N) is 1. The molecule has 0 heterocycles. The van der Waals surface area contributed by atoms with Gasteiger partial charge in [0.05, 0.1) is 0 Å². The fourth-order valence-corrected chi connectivity index (χ4v) is 1.70. The van der Waals surface area contributed by atoms with Crippen molar-refractivity contribution < 1.29 is 4.74 Å². The van der Waals surface area contributed by atoms with E-state index in [0.717, 1.165) is 31.9 Å². The summed E-state index contributed by atoms with van der Waals surface area (Å²) in [6, 6.07) is 8.73. The van der Waals surface area contributed by atoms with Crippen molar-refractivity contribution >= 4 is 0 Å².